The molecule has 1 aromatic rings. The Morgan fingerprint density at radius 3 is 2.50 bits per heavy atom. The number of carbonyl (C=O) groups excluding carboxylic acids is 1. The summed E-state index contributed by atoms with van der Waals surface area (Å²) in [5, 5.41) is 0. The molecule has 0 radical (unpaired) electrons. The number of benzene rings is 1. The third-order valence-corrected chi connectivity index (χ3v) is 5.24. The fraction of sp³-hybridized carbons (Fsp3) is 0.588. The van der Waals surface area contributed by atoms with Gasteiger partial charge in [-0.15, -0.1) is 0 Å². The van der Waals surface area contributed by atoms with Crippen LogP contribution in [0.4, 0.5) is 5.69 Å². The summed E-state index contributed by atoms with van der Waals surface area (Å²) in [4.78, 5) is 16.9. The Hall–Kier alpha value is -1.07. The number of aryl methyl sites for hydroxylation is 1. The van der Waals surface area contributed by atoms with Gasteiger partial charge in [-0.3, -0.25) is 4.79 Å². The molecule has 2 saturated heterocycles. The normalized spacial score (nSPS) is 20.3. The molecule has 0 bridgehead atoms. The van der Waals surface area contributed by atoms with E-state index in [2.05, 4.69) is 46.0 Å². The van der Waals surface area contributed by atoms with Gasteiger partial charge < -0.3 is 14.5 Å². The molecule has 1 amide bonds. The number of rotatable bonds is 2. The van der Waals surface area contributed by atoms with Crippen molar-refractivity contribution in [3.05, 3.63) is 28.2 Å². The van der Waals surface area contributed by atoms with Crippen LogP contribution in [-0.2, 0) is 9.53 Å². The van der Waals surface area contributed by atoms with Crippen LogP contribution in [0.3, 0.4) is 0 Å². The van der Waals surface area contributed by atoms with Crippen molar-refractivity contribution in [2.75, 3.05) is 44.3 Å². The lowest BCUT2D eigenvalue weighted by atomic mass is 9.98. The van der Waals surface area contributed by atoms with E-state index in [4.69, 9.17) is 4.74 Å². The number of hydrogen-bond donors (Lipinski definition) is 0. The Labute approximate surface area is 140 Å². The van der Waals surface area contributed by atoms with E-state index in [0.29, 0.717) is 5.91 Å². The van der Waals surface area contributed by atoms with Crippen LogP contribution in [0.5, 0.6) is 0 Å². The number of ether oxygens (including phenoxy) is 1. The lowest BCUT2D eigenvalue weighted by Gasteiger charge is -2.38. The first-order valence-corrected chi connectivity index (χ1v) is 8.82. The molecule has 0 spiro atoms. The first-order valence-electron chi connectivity index (χ1n) is 8.03. The minimum absolute atomic E-state index is 0.173. The summed E-state index contributed by atoms with van der Waals surface area (Å²) >= 11 is 3.65. The number of carbonyl (C=O) groups is 1. The smallest absolute Gasteiger partial charge is 0.225 e. The van der Waals surface area contributed by atoms with Crippen molar-refractivity contribution < 1.29 is 9.53 Å². The van der Waals surface area contributed by atoms with Crippen LogP contribution in [0.2, 0.25) is 0 Å². The summed E-state index contributed by atoms with van der Waals surface area (Å²) in [5.41, 5.74) is 2.48. The second-order valence-electron chi connectivity index (χ2n) is 6.15. The average molecular weight is 367 g/mol. The molecule has 2 fully saturated rings. The van der Waals surface area contributed by atoms with E-state index in [0.717, 1.165) is 56.7 Å². The fourth-order valence-corrected chi connectivity index (χ4v) is 3.98. The highest BCUT2D eigenvalue weighted by Gasteiger charge is 2.29. The number of anilines is 1. The highest BCUT2D eigenvalue weighted by molar-refractivity contribution is 9.10. The largest absolute Gasteiger partial charge is 0.381 e. The summed E-state index contributed by atoms with van der Waals surface area (Å²) < 4.78 is 6.49. The molecule has 0 N–H and O–H groups in total. The van der Waals surface area contributed by atoms with Gasteiger partial charge in [-0.05, 0) is 53.4 Å². The highest BCUT2D eigenvalue weighted by atomic mass is 79.9. The molecular formula is C17H23BrN2O2. The Morgan fingerprint density at radius 1 is 1.18 bits per heavy atom. The third kappa shape index (κ3) is 3.46. The molecule has 0 saturated carbocycles. The molecule has 0 aromatic heterocycles. The number of nitrogens with zero attached hydrogens (tertiary/aromatic N) is 2. The lowest BCUT2D eigenvalue weighted by Crippen LogP contribution is -2.51. The van der Waals surface area contributed by atoms with Crippen molar-refractivity contribution in [1.29, 1.82) is 0 Å². The van der Waals surface area contributed by atoms with Crippen LogP contribution < -0.4 is 4.90 Å². The van der Waals surface area contributed by atoms with E-state index in [1.54, 1.807) is 0 Å². The maximum absolute atomic E-state index is 12.6. The summed E-state index contributed by atoms with van der Waals surface area (Å²) in [6.07, 6.45) is 1.76. The number of piperazine rings is 1. The van der Waals surface area contributed by atoms with Gasteiger partial charge in [-0.1, -0.05) is 6.07 Å². The molecule has 0 atom stereocenters. The average Bonchev–Trinajstić information content (AvgIpc) is 2.55. The van der Waals surface area contributed by atoms with Gasteiger partial charge in [-0.2, -0.15) is 0 Å². The van der Waals surface area contributed by atoms with Crippen molar-refractivity contribution in [2.24, 2.45) is 5.92 Å². The van der Waals surface area contributed by atoms with E-state index >= 15 is 0 Å². The predicted molar refractivity (Wildman–Crippen MR) is 91.2 cm³/mol. The van der Waals surface area contributed by atoms with E-state index < -0.39 is 0 Å². The van der Waals surface area contributed by atoms with Gasteiger partial charge in [0.15, 0.2) is 0 Å². The Kier molecular flexibility index (Phi) is 5.03. The summed E-state index contributed by atoms with van der Waals surface area (Å²) in [6.45, 7) is 6.98. The zero-order valence-corrected chi connectivity index (χ0v) is 14.6. The number of amides is 1. The van der Waals surface area contributed by atoms with Gasteiger partial charge in [-0.25, -0.2) is 0 Å². The predicted octanol–water partition coefficient (Wildman–Crippen LogP) is 2.83. The minimum Gasteiger partial charge on any atom is -0.381 e. The van der Waals surface area contributed by atoms with Crippen molar-refractivity contribution in [3.63, 3.8) is 0 Å². The molecule has 2 aliphatic heterocycles. The zero-order chi connectivity index (χ0) is 15.5. The second-order valence-corrected chi connectivity index (χ2v) is 7.01. The van der Waals surface area contributed by atoms with Crippen molar-refractivity contribution in [1.82, 2.24) is 4.90 Å². The Bertz CT molecular complexity index is 535. The molecule has 4 nitrogen and oxygen atoms in total. The fourth-order valence-electron chi connectivity index (χ4n) is 3.24. The molecular weight excluding hydrogens is 344 g/mol. The van der Waals surface area contributed by atoms with Crippen LogP contribution in [0.15, 0.2) is 22.7 Å². The molecule has 3 rings (SSSR count). The lowest BCUT2D eigenvalue weighted by molar-refractivity contribution is -0.138. The van der Waals surface area contributed by atoms with Gasteiger partial charge in [0.2, 0.25) is 5.91 Å². The minimum atomic E-state index is 0.173. The zero-order valence-electron chi connectivity index (χ0n) is 13.1. The van der Waals surface area contributed by atoms with Crippen LogP contribution in [0.1, 0.15) is 18.4 Å². The van der Waals surface area contributed by atoms with Gasteiger partial charge in [0, 0.05) is 49.8 Å². The molecule has 2 heterocycles. The number of halogens is 1. The maximum atomic E-state index is 12.6. The van der Waals surface area contributed by atoms with Crippen molar-refractivity contribution in [3.8, 4) is 0 Å². The second kappa shape index (κ2) is 7.01. The molecule has 0 aliphatic carbocycles. The van der Waals surface area contributed by atoms with E-state index in [9.17, 15) is 4.79 Å². The van der Waals surface area contributed by atoms with Crippen LogP contribution in [0, 0.1) is 12.8 Å². The number of hydrogen-bond acceptors (Lipinski definition) is 3. The van der Waals surface area contributed by atoms with Gasteiger partial charge in [0.1, 0.15) is 0 Å². The Morgan fingerprint density at radius 2 is 1.86 bits per heavy atom. The van der Waals surface area contributed by atoms with Crippen LogP contribution in [-0.4, -0.2) is 50.2 Å². The van der Waals surface area contributed by atoms with Crippen molar-refractivity contribution >= 4 is 27.5 Å². The SMILES string of the molecule is Cc1ccc(N2CCN(C(=O)C3CCOCC3)CC2)c(Br)c1. The van der Waals surface area contributed by atoms with Crippen LogP contribution >= 0.6 is 15.9 Å². The van der Waals surface area contributed by atoms with Crippen LogP contribution in [0.25, 0.3) is 0 Å². The standard InChI is InChI=1S/C17H23BrN2O2/c1-13-2-3-16(15(18)12-13)19-6-8-20(9-7-19)17(21)14-4-10-22-11-5-14/h2-3,12,14H,4-11H2,1H3. The highest BCUT2D eigenvalue weighted by Crippen LogP contribution is 2.28. The first kappa shape index (κ1) is 15.8. The molecule has 22 heavy (non-hydrogen) atoms. The first-order chi connectivity index (χ1) is 10.6. The van der Waals surface area contributed by atoms with E-state index in [1.165, 1.54) is 11.3 Å². The van der Waals surface area contributed by atoms with Gasteiger partial charge in [0.25, 0.3) is 0 Å². The maximum Gasteiger partial charge on any atom is 0.225 e. The Balaban J connectivity index is 1.59. The molecule has 0 unspecified atom stereocenters. The topological polar surface area (TPSA) is 32.8 Å². The molecule has 1 aromatic carbocycles. The van der Waals surface area contributed by atoms with Gasteiger partial charge >= 0.3 is 0 Å². The van der Waals surface area contributed by atoms with E-state index in [-0.39, 0.29) is 5.92 Å². The van der Waals surface area contributed by atoms with Gasteiger partial charge in [0.05, 0.1) is 5.69 Å². The summed E-state index contributed by atoms with van der Waals surface area (Å²) in [7, 11) is 0. The summed E-state index contributed by atoms with van der Waals surface area (Å²) in [6, 6.07) is 6.45. The third-order valence-electron chi connectivity index (χ3n) is 4.61. The van der Waals surface area contributed by atoms with E-state index in [1.807, 2.05) is 4.90 Å². The molecule has 5 heteroatoms. The molecule has 2 aliphatic rings. The van der Waals surface area contributed by atoms with Crippen molar-refractivity contribution in [2.45, 2.75) is 19.8 Å². The quantitative estimate of drug-likeness (QED) is 0.806. The molecule has 120 valence electrons. The summed E-state index contributed by atoms with van der Waals surface area (Å²) in [5.74, 6) is 0.498. The monoisotopic (exact) mass is 366 g/mol.